The van der Waals surface area contributed by atoms with Crippen molar-refractivity contribution < 1.29 is 9.57 Å². The van der Waals surface area contributed by atoms with Crippen LogP contribution < -0.4 is 0 Å². The summed E-state index contributed by atoms with van der Waals surface area (Å²) in [5.74, 6) is 0. The van der Waals surface area contributed by atoms with Gasteiger partial charge in [-0.1, -0.05) is 5.16 Å². The molecule has 0 saturated carbocycles. The van der Waals surface area contributed by atoms with Crippen LogP contribution in [0.1, 0.15) is 34.1 Å². The summed E-state index contributed by atoms with van der Waals surface area (Å²) in [5.41, 5.74) is 0.321. The van der Waals surface area contributed by atoms with Crippen molar-refractivity contribution in [3.05, 3.63) is 7.11 Å². The summed E-state index contributed by atoms with van der Waals surface area (Å²) in [6.07, 6.45) is 0.801. The van der Waals surface area contributed by atoms with Crippen LogP contribution in [0.2, 0.25) is 0 Å². The van der Waals surface area contributed by atoms with E-state index in [-0.39, 0.29) is 5.60 Å². The molecule has 1 radical (unpaired) electrons. The topological polar surface area (TPSA) is 30.8 Å². The smallest absolute Gasteiger partial charge is 0.137 e. The zero-order valence-corrected chi connectivity index (χ0v) is 8.18. The second kappa shape index (κ2) is 2.73. The van der Waals surface area contributed by atoms with Crippen molar-refractivity contribution in [2.45, 2.75) is 45.3 Å². The van der Waals surface area contributed by atoms with E-state index in [0.29, 0.717) is 0 Å². The minimum absolute atomic E-state index is 0.189. The Kier molecular flexibility index (Phi) is 2.17. The molecule has 0 aliphatic carbocycles. The van der Waals surface area contributed by atoms with Crippen molar-refractivity contribution >= 4 is 5.71 Å². The Balaban J connectivity index is 2.69. The molecule has 1 heterocycles. The number of oxime groups is 1. The highest BCUT2D eigenvalue weighted by Gasteiger charge is 2.37. The molecule has 0 aromatic rings. The number of hydrogen-bond acceptors (Lipinski definition) is 3. The van der Waals surface area contributed by atoms with E-state index in [1.54, 1.807) is 0 Å². The molecule has 3 heteroatoms. The van der Waals surface area contributed by atoms with Gasteiger partial charge in [-0.15, -0.1) is 0 Å². The van der Waals surface area contributed by atoms with Gasteiger partial charge in [0, 0.05) is 6.42 Å². The zero-order valence-electron chi connectivity index (χ0n) is 8.18. The minimum atomic E-state index is -0.409. The predicted octanol–water partition coefficient (Wildman–Crippen LogP) is 2.13. The molecule has 12 heavy (non-hydrogen) atoms. The molecule has 0 amide bonds. The second-order valence-electron chi connectivity index (χ2n) is 4.22. The molecular formula is C9H16NO2. The molecule has 0 spiro atoms. The van der Waals surface area contributed by atoms with Crippen LogP contribution in [0, 0.1) is 7.11 Å². The molecule has 3 nitrogen and oxygen atoms in total. The van der Waals surface area contributed by atoms with E-state index in [4.69, 9.17) is 9.57 Å². The van der Waals surface area contributed by atoms with E-state index in [1.807, 2.05) is 27.7 Å². The second-order valence-corrected chi connectivity index (χ2v) is 4.22. The van der Waals surface area contributed by atoms with Gasteiger partial charge in [-0.3, -0.25) is 0 Å². The first-order valence-corrected chi connectivity index (χ1v) is 4.06. The Morgan fingerprint density at radius 1 is 1.58 bits per heavy atom. The highest BCUT2D eigenvalue weighted by Crippen LogP contribution is 2.28. The Hall–Kier alpha value is -0.570. The van der Waals surface area contributed by atoms with Gasteiger partial charge in [0.05, 0.1) is 12.8 Å². The van der Waals surface area contributed by atoms with E-state index in [2.05, 4.69) is 12.3 Å². The summed E-state index contributed by atoms with van der Waals surface area (Å²) in [6.45, 7) is 7.87. The number of hydrogen-bond donors (Lipinski definition) is 0. The fraction of sp³-hybridized carbons (Fsp3) is 0.778. The van der Waals surface area contributed by atoms with Crippen molar-refractivity contribution in [1.82, 2.24) is 0 Å². The lowest BCUT2D eigenvalue weighted by molar-refractivity contribution is 0.0123. The summed E-state index contributed by atoms with van der Waals surface area (Å²) in [5, 5.41) is 3.98. The van der Waals surface area contributed by atoms with Crippen LogP contribution in [0.5, 0.6) is 0 Å². The van der Waals surface area contributed by atoms with Gasteiger partial charge < -0.3 is 9.57 Å². The standard InChI is InChI=1S/C9H16NO2/c1-8(2)6-7(10-12-8)9(3,4)11-5/h5-6H2,1-4H3. The van der Waals surface area contributed by atoms with Gasteiger partial charge in [-0.2, -0.15) is 0 Å². The number of rotatable bonds is 2. The quantitative estimate of drug-likeness (QED) is 0.635. The molecule has 69 valence electrons. The molecule has 1 rings (SSSR count). The zero-order chi connectivity index (χ0) is 9.41. The maximum atomic E-state index is 5.22. The van der Waals surface area contributed by atoms with Crippen molar-refractivity contribution in [3.63, 3.8) is 0 Å². The van der Waals surface area contributed by atoms with Crippen LogP contribution >= 0.6 is 0 Å². The van der Waals surface area contributed by atoms with E-state index in [1.165, 1.54) is 0 Å². The van der Waals surface area contributed by atoms with Crippen LogP contribution in [-0.2, 0) is 9.57 Å². The normalized spacial score (nSPS) is 21.9. The van der Waals surface area contributed by atoms with E-state index in [9.17, 15) is 0 Å². The van der Waals surface area contributed by atoms with Crippen molar-refractivity contribution in [3.8, 4) is 0 Å². The van der Waals surface area contributed by atoms with Gasteiger partial charge in [0.2, 0.25) is 0 Å². The van der Waals surface area contributed by atoms with Gasteiger partial charge in [-0.25, -0.2) is 0 Å². The Bertz CT molecular complexity index is 207. The monoisotopic (exact) mass is 170 g/mol. The first-order chi connectivity index (χ1) is 5.37. The van der Waals surface area contributed by atoms with Crippen LogP contribution in [-0.4, -0.2) is 16.9 Å². The van der Waals surface area contributed by atoms with Crippen LogP contribution in [0.15, 0.2) is 5.16 Å². The SMILES string of the molecule is [CH2]OC(C)(C)C1=NOC(C)(C)C1. The lowest BCUT2D eigenvalue weighted by Gasteiger charge is -2.22. The van der Waals surface area contributed by atoms with Crippen molar-refractivity contribution in [2.75, 3.05) is 0 Å². The van der Waals surface area contributed by atoms with Gasteiger partial charge in [0.1, 0.15) is 11.2 Å². The first kappa shape index (κ1) is 9.52. The summed E-state index contributed by atoms with van der Waals surface area (Å²) < 4.78 is 5.05. The van der Waals surface area contributed by atoms with Crippen molar-refractivity contribution in [1.29, 1.82) is 0 Å². The van der Waals surface area contributed by atoms with E-state index >= 15 is 0 Å². The third kappa shape index (κ3) is 1.78. The molecule has 1 aliphatic rings. The molecule has 0 aromatic carbocycles. The van der Waals surface area contributed by atoms with E-state index < -0.39 is 5.60 Å². The Labute approximate surface area is 73.7 Å². The van der Waals surface area contributed by atoms with E-state index in [0.717, 1.165) is 12.1 Å². The maximum absolute atomic E-state index is 5.22. The van der Waals surface area contributed by atoms with Gasteiger partial charge >= 0.3 is 0 Å². The van der Waals surface area contributed by atoms with Gasteiger partial charge in [0.15, 0.2) is 0 Å². The van der Waals surface area contributed by atoms with Gasteiger partial charge in [-0.05, 0) is 27.7 Å². The predicted molar refractivity (Wildman–Crippen MR) is 47.7 cm³/mol. The largest absolute Gasteiger partial charge is 0.389 e. The summed E-state index contributed by atoms with van der Waals surface area (Å²) >= 11 is 0. The van der Waals surface area contributed by atoms with Crippen LogP contribution in [0.3, 0.4) is 0 Å². The summed E-state index contributed by atoms with van der Waals surface area (Å²) in [4.78, 5) is 5.22. The third-order valence-electron chi connectivity index (χ3n) is 2.05. The highest BCUT2D eigenvalue weighted by atomic mass is 16.7. The fourth-order valence-corrected chi connectivity index (χ4v) is 1.05. The van der Waals surface area contributed by atoms with Gasteiger partial charge in [0.25, 0.3) is 0 Å². The molecule has 0 bridgehead atoms. The minimum Gasteiger partial charge on any atom is -0.389 e. The summed E-state index contributed by atoms with van der Waals surface area (Å²) in [6, 6.07) is 0. The molecule has 0 unspecified atom stereocenters. The number of ether oxygens (including phenoxy) is 1. The van der Waals surface area contributed by atoms with Crippen LogP contribution in [0.25, 0.3) is 0 Å². The molecule has 0 aromatic heterocycles. The average molecular weight is 170 g/mol. The molecular weight excluding hydrogens is 154 g/mol. The Morgan fingerprint density at radius 3 is 2.50 bits per heavy atom. The fourth-order valence-electron chi connectivity index (χ4n) is 1.05. The third-order valence-corrected chi connectivity index (χ3v) is 2.05. The summed E-state index contributed by atoms with van der Waals surface area (Å²) in [7, 11) is 3.41. The molecule has 0 saturated heterocycles. The molecule has 0 fully saturated rings. The molecule has 1 aliphatic heterocycles. The average Bonchev–Trinajstić information content (AvgIpc) is 2.31. The Morgan fingerprint density at radius 2 is 2.17 bits per heavy atom. The van der Waals surface area contributed by atoms with Crippen LogP contribution in [0.4, 0.5) is 0 Å². The lowest BCUT2D eigenvalue weighted by Crippen LogP contribution is -2.34. The number of nitrogens with zero attached hydrogens (tertiary/aromatic N) is 1. The highest BCUT2D eigenvalue weighted by molar-refractivity contribution is 5.93. The lowest BCUT2D eigenvalue weighted by atomic mass is 9.93. The molecule has 0 atom stereocenters. The first-order valence-electron chi connectivity index (χ1n) is 4.06. The van der Waals surface area contributed by atoms with Crippen molar-refractivity contribution in [2.24, 2.45) is 5.16 Å². The molecule has 0 N–H and O–H groups in total. The maximum Gasteiger partial charge on any atom is 0.137 e.